The Kier molecular flexibility index (Phi) is 2.93. The SMILES string of the molecule is O=C(O)[C@H]1CS[C@H](c2cccc(O)c2O)N1. The lowest BCUT2D eigenvalue weighted by Gasteiger charge is -2.13. The van der Waals surface area contributed by atoms with E-state index >= 15 is 0 Å². The first-order valence-corrected chi connectivity index (χ1v) is 5.76. The van der Waals surface area contributed by atoms with Crippen LogP contribution in [0.1, 0.15) is 10.9 Å². The van der Waals surface area contributed by atoms with E-state index in [-0.39, 0.29) is 16.9 Å². The minimum absolute atomic E-state index is 0.196. The molecule has 1 fully saturated rings. The van der Waals surface area contributed by atoms with Crippen molar-refractivity contribution in [3.8, 4) is 11.5 Å². The summed E-state index contributed by atoms with van der Waals surface area (Å²) in [6, 6.07) is 4.04. The normalized spacial score (nSPS) is 24.5. The van der Waals surface area contributed by atoms with Gasteiger partial charge in [-0.2, -0.15) is 0 Å². The topological polar surface area (TPSA) is 89.8 Å². The smallest absolute Gasteiger partial charge is 0.321 e. The third-order valence-electron chi connectivity index (χ3n) is 2.41. The summed E-state index contributed by atoms with van der Waals surface area (Å²) in [4.78, 5) is 10.7. The molecule has 2 atom stereocenters. The highest BCUT2D eigenvalue weighted by atomic mass is 32.2. The van der Waals surface area contributed by atoms with Crippen molar-refractivity contribution < 1.29 is 20.1 Å². The second-order valence-corrected chi connectivity index (χ2v) is 4.62. The van der Waals surface area contributed by atoms with Crippen LogP contribution in [0.2, 0.25) is 0 Å². The molecular formula is C10H11NO4S. The molecule has 0 unspecified atom stereocenters. The van der Waals surface area contributed by atoms with E-state index in [1.165, 1.54) is 17.8 Å². The maximum Gasteiger partial charge on any atom is 0.321 e. The van der Waals surface area contributed by atoms with Gasteiger partial charge in [0.05, 0.1) is 5.37 Å². The third kappa shape index (κ3) is 1.94. The number of thioether (sulfide) groups is 1. The fourth-order valence-corrected chi connectivity index (χ4v) is 2.81. The lowest BCUT2D eigenvalue weighted by Crippen LogP contribution is -2.33. The molecular weight excluding hydrogens is 230 g/mol. The van der Waals surface area contributed by atoms with Crippen LogP contribution in [0.4, 0.5) is 0 Å². The first kappa shape index (κ1) is 11.1. The molecule has 4 N–H and O–H groups in total. The van der Waals surface area contributed by atoms with E-state index < -0.39 is 12.0 Å². The first-order chi connectivity index (χ1) is 7.59. The Morgan fingerprint density at radius 3 is 2.81 bits per heavy atom. The molecule has 0 bridgehead atoms. The van der Waals surface area contributed by atoms with E-state index in [1.807, 2.05) is 0 Å². The molecule has 1 heterocycles. The van der Waals surface area contributed by atoms with Crippen molar-refractivity contribution >= 4 is 17.7 Å². The summed E-state index contributed by atoms with van der Waals surface area (Å²) in [6.45, 7) is 0. The molecule has 1 aromatic rings. The minimum atomic E-state index is -0.908. The van der Waals surface area contributed by atoms with Gasteiger partial charge < -0.3 is 15.3 Å². The summed E-state index contributed by atoms with van der Waals surface area (Å²) < 4.78 is 0. The fourth-order valence-electron chi connectivity index (χ4n) is 1.55. The number of rotatable bonds is 2. The zero-order valence-electron chi connectivity index (χ0n) is 8.25. The average Bonchev–Trinajstić information content (AvgIpc) is 2.71. The lowest BCUT2D eigenvalue weighted by atomic mass is 10.1. The van der Waals surface area contributed by atoms with Crippen LogP contribution in [-0.4, -0.2) is 33.1 Å². The van der Waals surface area contributed by atoms with Gasteiger partial charge in [-0.1, -0.05) is 12.1 Å². The Morgan fingerprint density at radius 1 is 1.44 bits per heavy atom. The summed E-state index contributed by atoms with van der Waals surface area (Å²) in [5, 5.41) is 30.3. The molecule has 5 nitrogen and oxygen atoms in total. The summed E-state index contributed by atoms with van der Waals surface area (Å²) in [5.41, 5.74) is 0.508. The predicted octanol–water partition coefficient (Wildman–Crippen LogP) is 0.886. The van der Waals surface area contributed by atoms with Gasteiger partial charge in [-0.25, -0.2) is 0 Å². The van der Waals surface area contributed by atoms with E-state index in [0.717, 1.165) is 0 Å². The Morgan fingerprint density at radius 2 is 2.19 bits per heavy atom. The minimum Gasteiger partial charge on any atom is -0.504 e. The molecule has 1 aliphatic heterocycles. The number of benzene rings is 1. The molecule has 86 valence electrons. The van der Waals surface area contributed by atoms with Crippen LogP contribution in [0, 0.1) is 0 Å². The van der Waals surface area contributed by atoms with E-state index in [1.54, 1.807) is 12.1 Å². The van der Waals surface area contributed by atoms with Gasteiger partial charge in [0.1, 0.15) is 6.04 Å². The van der Waals surface area contributed by atoms with Gasteiger partial charge in [-0.15, -0.1) is 11.8 Å². The number of phenols is 2. The second-order valence-electron chi connectivity index (χ2n) is 3.49. The zero-order chi connectivity index (χ0) is 11.7. The molecule has 0 aromatic heterocycles. The first-order valence-electron chi connectivity index (χ1n) is 4.71. The summed E-state index contributed by atoms with van der Waals surface area (Å²) in [6.07, 6.45) is 0. The van der Waals surface area contributed by atoms with Crippen molar-refractivity contribution in [1.82, 2.24) is 5.32 Å². The van der Waals surface area contributed by atoms with Crippen molar-refractivity contribution in [3.05, 3.63) is 23.8 Å². The molecule has 0 radical (unpaired) electrons. The Balaban J connectivity index is 2.21. The number of nitrogens with one attached hydrogen (secondary N) is 1. The standard InChI is InChI=1S/C10H11NO4S/c12-7-3-1-2-5(8(7)13)9-11-6(4-16-9)10(14)15/h1-3,6,9,11-13H,4H2,(H,14,15)/t6-,9-/m1/s1. The summed E-state index contributed by atoms with van der Waals surface area (Å²) in [7, 11) is 0. The monoisotopic (exact) mass is 241 g/mol. The number of phenolic OH excluding ortho intramolecular Hbond substituents is 2. The van der Waals surface area contributed by atoms with Gasteiger partial charge in [0, 0.05) is 11.3 Å². The average molecular weight is 241 g/mol. The van der Waals surface area contributed by atoms with Crippen LogP contribution in [-0.2, 0) is 4.79 Å². The van der Waals surface area contributed by atoms with Crippen molar-refractivity contribution in [2.24, 2.45) is 0 Å². The highest BCUT2D eigenvalue weighted by Crippen LogP contribution is 2.40. The number of para-hydroxylation sites is 1. The van der Waals surface area contributed by atoms with Crippen LogP contribution in [0.25, 0.3) is 0 Å². The van der Waals surface area contributed by atoms with E-state index in [9.17, 15) is 15.0 Å². The number of hydrogen-bond donors (Lipinski definition) is 4. The van der Waals surface area contributed by atoms with Gasteiger partial charge >= 0.3 is 5.97 Å². The molecule has 0 aliphatic carbocycles. The Labute approximate surface area is 96.1 Å². The van der Waals surface area contributed by atoms with Crippen LogP contribution in [0.3, 0.4) is 0 Å². The molecule has 0 saturated carbocycles. The zero-order valence-corrected chi connectivity index (χ0v) is 9.07. The quantitative estimate of drug-likeness (QED) is 0.575. The van der Waals surface area contributed by atoms with Crippen LogP contribution in [0.5, 0.6) is 11.5 Å². The number of carbonyl (C=O) groups is 1. The van der Waals surface area contributed by atoms with Gasteiger partial charge in [-0.3, -0.25) is 10.1 Å². The number of carboxylic acid groups (broad SMARTS) is 1. The highest BCUT2D eigenvalue weighted by molar-refractivity contribution is 7.99. The number of hydrogen-bond acceptors (Lipinski definition) is 5. The number of carboxylic acids is 1. The van der Waals surface area contributed by atoms with Crippen LogP contribution >= 0.6 is 11.8 Å². The number of aromatic hydroxyl groups is 2. The summed E-state index contributed by atoms with van der Waals surface area (Å²) >= 11 is 1.39. The molecule has 1 saturated heterocycles. The maximum atomic E-state index is 10.7. The van der Waals surface area contributed by atoms with Gasteiger partial charge in [0.15, 0.2) is 11.5 Å². The lowest BCUT2D eigenvalue weighted by molar-refractivity contribution is -0.138. The molecule has 0 spiro atoms. The predicted molar refractivity (Wildman–Crippen MR) is 59.5 cm³/mol. The van der Waals surface area contributed by atoms with E-state index in [4.69, 9.17) is 5.11 Å². The second kappa shape index (κ2) is 4.23. The molecule has 1 aromatic carbocycles. The fraction of sp³-hybridized carbons (Fsp3) is 0.300. The Bertz CT molecular complexity index is 423. The number of aliphatic carboxylic acids is 1. The molecule has 0 amide bonds. The molecule has 2 rings (SSSR count). The largest absolute Gasteiger partial charge is 0.504 e. The van der Waals surface area contributed by atoms with Gasteiger partial charge in [0.25, 0.3) is 0 Å². The van der Waals surface area contributed by atoms with E-state index in [2.05, 4.69) is 5.32 Å². The van der Waals surface area contributed by atoms with Gasteiger partial charge in [0.2, 0.25) is 0 Å². The Hall–Kier alpha value is -1.40. The van der Waals surface area contributed by atoms with Crippen molar-refractivity contribution in [2.45, 2.75) is 11.4 Å². The van der Waals surface area contributed by atoms with Crippen LogP contribution in [0.15, 0.2) is 18.2 Å². The maximum absolute atomic E-state index is 10.7. The third-order valence-corrected chi connectivity index (χ3v) is 3.66. The van der Waals surface area contributed by atoms with Gasteiger partial charge in [-0.05, 0) is 6.07 Å². The van der Waals surface area contributed by atoms with Crippen molar-refractivity contribution in [3.63, 3.8) is 0 Å². The van der Waals surface area contributed by atoms with Crippen molar-refractivity contribution in [2.75, 3.05) is 5.75 Å². The summed E-state index contributed by atoms with van der Waals surface area (Å²) in [5.74, 6) is -0.860. The molecule has 16 heavy (non-hydrogen) atoms. The van der Waals surface area contributed by atoms with Crippen molar-refractivity contribution in [1.29, 1.82) is 0 Å². The van der Waals surface area contributed by atoms with E-state index in [0.29, 0.717) is 11.3 Å². The molecule has 6 heteroatoms. The molecule has 1 aliphatic rings. The van der Waals surface area contributed by atoms with Crippen LogP contribution < -0.4 is 5.32 Å². The highest BCUT2D eigenvalue weighted by Gasteiger charge is 2.31.